The predicted molar refractivity (Wildman–Crippen MR) is 94.0 cm³/mol. The maximum absolute atomic E-state index is 11.9. The predicted octanol–water partition coefficient (Wildman–Crippen LogP) is 1.39. The highest BCUT2D eigenvalue weighted by Crippen LogP contribution is 2.21. The highest BCUT2D eigenvalue weighted by molar-refractivity contribution is 5.96. The molecule has 1 heterocycles. The molecule has 5 nitrogen and oxygen atoms in total. The van der Waals surface area contributed by atoms with Crippen LogP contribution in [-0.4, -0.2) is 23.7 Å². The van der Waals surface area contributed by atoms with Crippen molar-refractivity contribution in [2.24, 2.45) is 0 Å². The van der Waals surface area contributed by atoms with Crippen LogP contribution in [-0.2, 0) is 4.79 Å². The molecule has 5 heteroatoms. The minimum Gasteiger partial charge on any atom is -0.483 e. The minimum atomic E-state index is -0.241. The number of rotatable bonds is 5. The van der Waals surface area contributed by atoms with E-state index in [1.54, 1.807) is 6.21 Å². The number of amides is 1. The Bertz CT molecular complexity index is 876. The van der Waals surface area contributed by atoms with Crippen LogP contribution in [0.1, 0.15) is 16.7 Å². The third-order valence-electron chi connectivity index (χ3n) is 3.82. The van der Waals surface area contributed by atoms with Crippen LogP contribution in [0.2, 0.25) is 0 Å². The van der Waals surface area contributed by atoms with Gasteiger partial charge in [-0.25, -0.2) is 0 Å². The number of aromatic amines is 1. The Morgan fingerprint density at radius 2 is 1.92 bits per heavy atom. The van der Waals surface area contributed by atoms with Crippen molar-refractivity contribution in [3.05, 3.63) is 65.4 Å². The van der Waals surface area contributed by atoms with Gasteiger partial charge in [0.25, 0.3) is 0 Å². The second kappa shape index (κ2) is 7.00. The van der Waals surface area contributed by atoms with E-state index in [0.29, 0.717) is 0 Å². The molecule has 2 aromatic carbocycles. The lowest BCUT2D eigenvalue weighted by Gasteiger charge is -2.10. The van der Waals surface area contributed by atoms with Gasteiger partial charge < -0.3 is 9.72 Å². The normalized spacial score (nSPS) is 11.1. The summed E-state index contributed by atoms with van der Waals surface area (Å²) in [6.45, 7) is 3.88. The van der Waals surface area contributed by atoms with E-state index >= 15 is 0 Å². The lowest BCUT2D eigenvalue weighted by molar-refractivity contribution is -0.506. The molecule has 0 spiro atoms. The summed E-state index contributed by atoms with van der Waals surface area (Å²) >= 11 is 0. The van der Waals surface area contributed by atoms with Gasteiger partial charge in [-0.3, -0.25) is 4.79 Å². The minimum absolute atomic E-state index is 0.0408. The van der Waals surface area contributed by atoms with Gasteiger partial charge in [0.2, 0.25) is 0 Å². The van der Waals surface area contributed by atoms with Crippen LogP contribution < -0.4 is 15.3 Å². The quantitative estimate of drug-likeness (QED) is 0.491. The van der Waals surface area contributed by atoms with E-state index in [4.69, 9.17) is 4.74 Å². The molecule has 0 atom stereocenters. The number of hydrazine groups is 1. The van der Waals surface area contributed by atoms with Crippen LogP contribution in [0.3, 0.4) is 0 Å². The van der Waals surface area contributed by atoms with Gasteiger partial charge in [-0.05, 0) is 43.2 Å². The first-order valence-corrected chi connectivity index (χ1v) is 7.78. The smallest absolute Gasteiger partial charge is 0.311 e. The third kappa shape index (κ3) is 3.46. The number of hydrazone groups is 1. The number of carbonyl (C=O) groups excluding carboxylic acids is 1. The molecule has 3 rings (SSSR count). The molecule has 1 amide bonds. The van der Waals surface area contributed by atoms with Crippen LogP contribution in [0.4, 0.5) is 0 Å². The molecule has 3 N–H and O–H groups in total. The molecule has 0 fully saturated rings. The molecule has 0 bridgehead atoms. The fourth-order valence-corrected chi connectivity index (χ4v) is 2.63. The number of fused-ring (bicyclic) bond motifs is 1. The molecule has 0 aliphatic carbocycles. The number of H-pyrrole nitrogens is 1. The molecular weight excluding hydrogens is 302 g/mol. The molecule has 0 aliphatic rings. The first kappa shape index (κ1) is 15.8. The molecule has 24 heavy (non-hydrogen) atoms. The van der Waals surface area contributed by atoms with Gasteiger partial charge in [0.1, 0.15) is 5.75 Å². The summed E-state index contributed by atoms with van der Waals surface area (Å²) in [5.74, 6) is 0.517. The van der Waals surface area contributed by atoms with Crippen LogP contribution in [0.25, 0.3) is 10.9 Å². The van der Waals surface area contributed by atoms with Gasteiger partial charge in [0.15, 0.2) is 12.8 Å². The highest BCUT2D eigenvalue weighted by atomic mass is 16.5. The highest BCUT2D eigenvalue weighted by Gasteiger charge is 2.08. The maximum atomic E-state index is 11.9. The van der Waals surface area contributed by atoms with E-state index in [1.165, 1.54) is 0 Å². The van der Waals surface area contributed by atoms with Crippen molar-refractivity contribution in [1.82, 2.24) is 10.4 Å². The number of hydrogen-bond acceptors (Lipinski definition) is 2. The van der Waals surface area contributed by atoms with Crippen LogP contribution in [0.15, 0.2) is 48.7 Å². The number of carbonyl (C=O) groups is 1. The van der Waals surface area contributed by atoms with E-state index in [0.717, 1.165) is 33.3 Å². The van der Waals surface area contributed by atoms with E-state index in [2.05, 4.69) is 15.5 Å². The van der Waals surface area contributed by atoms with E-state index in [-0.39, 0.29) is 12.5 Å². The third-order valence-corrected chi connectivity index (χ3v) is 3.82. The first-order chi connectivity index (χ1) is 11.6. The molecule has 0 radical (unpaired) electrons. The Morgan fingerprint density at radius 3 is 2.71 bits per heavy atom. The SMILES string of the molecule is Cc1cccc(C)c1OCC(=O)N/[NH+]=C/c1cccc2[nH]ccc12. The van der Waals surface area contributed by atoms with Crippen molar-refractivity contribution in [2.75, 3.05) is 6.61 Å². The van der Waals surface area contributed by atoms with Crippen LogP contribution >= 0.6 is 0 Å². The Labute approximate surface area is 140 Å². The standard InChI is InChI=1S/C19H19N3O2/c1-13-5-3-6-14(2)19(13)24-12-18(23)22-21-11-15-7-4-8-17-16(15)9-10-20-17/h3-11,20H,12H2,1-2H3,(H,22,23)/p+1/b21-11+. The van der Waals surface area contributed by atoms with E-state index < -0.39 is 0 Å². The van der Waals surface area contributed by atoms with Crippen molar-refractivity contribution in [2.45, 2.75) is 13.8 Å². The number of aromatic nitrogens is 1. The van der Waals surface area contributed by atoms with Gasteiger partial charge in [-0.15, -0.1) is 10.5 Å². The fourth-order valence-electron chi connectivity index (χ4n) is 2.63. The first-order valence-electron chi connectivity index (χ1n) is 7.78. The summed E-state index contributed by atoms with van der Waals surface area (Å²) in [6, 6.07) is 13.8. The van der Waals surface area contributed by atoms with Crippen molar-refractivity contribution in [3.63, 3.8) is 0 Å². The Balaban J connectivity index is 1.59. The zero-order valence-electron chi connectivity index (χ0n) is 13.7. The van der Waals surface area contributed by atoms with Crippen molar-refractivity contribution in [1.29, 1.82) is 0 Å². The summed E-state index contributed by atoms with van der Waals surface area (Å²) in [5.41, 5.74) is 6.69. The summed E-state index contributed by atoms with van der Waals surface area (Å²) in [7, 11) is 0. The fraction of sp³-hybridized carbons (Fsp3) is 0.158. The number of hydrogen-bond donors (Lipinski definition) is 3. The lowest BCUT2D eigenvalue weighted by Crippen LogP contribution is -2.82. The molecule has 3 aromatic rings. The van der Waals surface area contributed by atoms with Gasteiger partial charge in [-0.1, -0.05) is 24.3 Å². The summed E-state index contributed by atoms with van der Waals surface area (Å²) in [5, 5.41) is 3.92. The number of para-hydroxylation sites is 1. The van der Waals surface area contributed by atoms with Crippen molar-refractivity contribution >= 4 is 23.0 Å². The topological polar surface area (TPSA) is 68.1 Å². The molecule has 0 unspecified atom stereocenters. The summed E-state index contributed by atoms with van der Waals surface area (Å²) in [6.07, 6.45) is 3.64. The second-order valence-corrected chi connectivity index (χ2v) is 5.63. The number of ether oxygens (including phenoxy) is 1. The number of nitrogens with one attached hydrogen (secondary N) is 3. The number of aryl methyl sites for hydroxylation is 2. The van der Waals surface area contributed by atoms with Gasteiger partial charge >= 0.3 is 5.91 Å². The largest absolute Gasteiger partial charge is 0.483 e. The van der Waals surface area contributed by atoms with Gasteiger partial charge in [0, 0.05) is 22.7 Å². The Kier molecular flexibility index (Phi) is 4.61. The van der Waals surface area contributed by atoms with E-state index in [1.807, 2.05) is 62.5 Å². The number of benzene rings is 2. The lowest BCUT2D eigenvalue weighted by atomic mass is 10.1. The van der Waals surface area contributed by atoms with Gasteiger partial charge in [-0.2, -0.15) is 0 Å². The summed E-state index contributed by atoms with van der Waals surface area (Å²) in [4.78, 5) is 15.1. The Hall–Kier alpha value is -3.08. The molecule has 0 saturated heterocycles. The van der Waals surface area contributed by atoms with Gasteiger partial charge in [0.05, 0.1) is 0 Å². The molecule has 1 aromatic heterocycles. The van der Waals surface area contributed by atoms with Crippen LogP contribution in [0, 0.1) is 13.8 Å². The molecular formula is C19H20N3O2+. The maximum Gasteiger partial charge on any atom is 0.311 e. The summed E-state index contributed by atoms with van der Waals surface area (Å²) < 4.78 is 5.62. The average Bonchev–Trinajstić information content (AvgIpc) is 3.04. The zero-order valence-corrected chi connectivity index (χ0v) is 13.7. The Morgan fingerprint density at radius 1 is 1.17 bits per heavy atom. The van der Waals surface area contributed by atoms with Crippen molar-refractivity contribution < 1.29 is 14.6 Å². The monoisotopic (exact) mass is 322 g/mol. The molecule has 0 saturated carbocycles. The zero-order chi connectivity index (χ0) is 16.9. The molecule has 0 aliphatic heterocycles. The second-order valence-electron chi connectivity index (χ2n) is 5.63. The average molecular weight is 322 g/mol. The molecule has 122 valence electrons. The van der Waals surface area contributed by atoms with Crippen molar-refractivity contribution in [3.8, 4) is 5.75 Å². The van der Waals surface area contributed by atoms with Crippen LogP contribution in [0.5, 0.6) is 5.75 Å². The van der Waals surface area contributed by atoms with E-state index in [9.17, 15) is 4.79 Å².